The van der Waals surface area contributed by atoms with Crippen LogP contribution >= 0.6 is 0 Å². The number of terminal acetylenes is 2. The van der Waals surface area contributed by atoms with Crippen LogP contribution in [0.15, 0.2) is 52.9 Å². The first-order valence-corrected chi connectivity index (χ1v) is 6.28. The van der Waals surface area contributed by atoms with E-state index in [0.29, 0.717) is 11.8 Å². The van der Waals surface area contributed by atoms with Gasteiger partial charge in [-0.3, -0.25) is 0 Å². The molecule has 3 nitrogen and oxygen atoms in total. The smallest absolute Gasteiger partial charge is 0.248 e. The third kappa shape index (κ3) is 2.54. The molecule has 3 aromatic rings. The van der Waals surface area contributed by atoms with E-state index in [-0.39, 0.29) is 0 Å². The molecule has 0 aliphatic heterocycles. The lowest BCUT2D eigenvalue weighted by atomic mass is 10.1. The Balaban J connectivity index is 2.00. The monoisotopic (exact) mass is 270 g/mol. The van der Waals surface area contributed by atoms with Crippen molar-refractivity contribution in [2.24, 2.45) is 0 Å². The zero-order valence-electron chi connectivity index (χ0n) is 11.1. The van der Waals surface area contributed by atoms with Gasteiger partial charge in [-0.05, 0) is 36.4 Å². The van der Waals surface area contributed by atoms with Crippen LogP contribution in [0.4, 0.5) is 0 Å². The Morgan fingerprint density at radius 2 is 1.24 bits per heavy atom. The summed E-state index contributed by atoms with van der Waals surface area (Å²) >= 11 is 0. The van der Waals surface area contributed by atoms with Crippen LogP contribution < -0.4 is 0 Å². The molecule has 3 rings (SSSR count). The lowest BCUT2D eigenvalue weighted by molar-refractivity contribution is 0.584. The minimum absolute atomic E-state index is 0.424. The Kier molecular flexibility index (Phi) is 3.25. The maximum Gasteiger partial charge on any atom is 0.248 e. The van der Waals surface area contributed by atoms with Crippen LogP contribution in [-0.4, -0.2) is 10.2 Å². The van der Waals surface area contributed by atoms with Gasteiger partial charge in [0.2, 0.25) is 11.8 Å². The maximum atomic E-state index is 5.70. The molecule has 2 aromatic carbocycles. The van der Waals surface area contributed by atoms with Gasteiger partial charge in [-0.15, -0.1) is 23.0 Å². The Morgan fingerprint density at radius 3 is 1.67 bits per heavy atom. The Labute approximate surface area is 122 Å². The Morgan fingerprint density at radius 1 is 0.762 bits per heavy atom. The summed E-state index contributed by atoms with van der Waals surface area (Å²) in [5.74, 6) is 6.01. The van der Waals surface area contributed by atoms with Crippen molar-refractivity contribution in [3.8, 4) is 47.6 Å². The van der Waals surface area contributed by atoms with E-state index < -0.39 is 0 Å². The average Bonchev–Trinajstić information content (AvgIpc) is 3.05. The third-order valence-corrected chi connectivity index (χ3v) is 2.98. The summed E-state index contributed by atoms with van der Waals surface area (Å²) in [7, 11) is 0. The zero-order valence-corrected chi connectivity index (χ0v) is 11.1. The largest absolute Gasteiger partial charge is 0.416 e. The highest BCUT2D eigenvalue weighted by molar-refractivity contribution is 5.61. The molecule has 0 fully saturated rings. The molecule has 0 saturated heterocycles. The number of nitrogens with zero attached hydrogens (tertiary/aromatic N) is 2. The number of hydrogen-bond donors (Lipinski definition) is 0. The predicted molar refractivity (Wildman–Crippen MR) is 81.0 cm³/mol. The molecule has 1 heterocycles. The van der Waals surface area contributed by atoms with Crippen molar-refractivity contribution in [2.75, 3.05) is 0 Å². The summed E-state index contributed by atoms with van der Waals surface area (Å²) < 4.78 is 5.70. The normalized spacial score (nSPS) is 9.81. The minimum atomic E-state index is 0.424. The number of aromatic nitrogens is 2. The van der Waals surface area contributed by atoms with Gasteiger partial charge >= 0.3 is 0 Å². The van der Waals surface area contributed by atoms with Crippen molar-refractivity contribution < 1.29 is 4.42 Å². The molecule has 0 radical (unpaired) electrons. The molecule has 0 amide bonds. The van der Waals surface area contributed by atoms with Gasteiger partial charge in [0.25, 0.3) is 0 Å². The van der Waals surface area contributed by atoms with Crippen LogP contribution in [0.5, 0.6) is 0 Å². The average molecular weight is 270 g/mol. The van der Waals surface area contributed by atoms with Crippen LogP contribution in [0.1, 0.15) is 11.1 Å². The van der Waals surface area contributed by atoms with Gasteiger partial charge in [0.05, 0.1) is 0 Å². The second-order valence-electron chi connectivity index (χ2n) is 4.36. The second-order valence-corrected chi connectivity index (χ2v) is 4.36. The molecule has 21 heavy (non-hydrogen) atoms. The molecule has 0 atom stereocenters. The zero-order chi connectivity index (χ0) is 14.7. The molecule has 0 unspecified atom stereocenters. The van der Waals surface area contributed by atoms with Crippen LogP contribution in [0, 0.1) is 24.7 Å². The third-order valence-electron chi connectivity index (χ3n) is 2.98. The number of benzene rings is 2. The van der Waals surface area contributed by atoms with E-state index in [4.69, 9.17) is 17.3 Å². The molecular weight excluding hydrogens is 260 g/mol. The maximum absolute atomic E-state index is 5.70. The van der Waals surface area contributed by atoms with Gasteiger partial charge in [0.15, 0.2) is 0 Å². The van der Waals surface area contributed by atoms with E-state index in [0.717, 1.165) is 22.3 Å². The summed E-state index contributed by atoms with van der Waals surface area (Å²) in [5.41, 5.74) is 3.11. The molecule has 0 saturated carbocycles. The second kappa shape index (κ2) is 5.36. The molecule has 1 aromatic heterocycles. The standard InChI is InChI=1S/C18H10N2O/c1-3-13-7-5-9-15(11-13)17-19-20-18(21-17)16-10-6-8-14(4-2)12-16/h1-2,5-12H. The van der Waals surface area contributed by atoms with Crippen molar-refractivity contribution in [3.63, 3.8) is 0 Å². The first-order chi connectivity index (χ1) is 10.3. The summed E-state index contributed by atoms with van der Waals surface area (Å²) in [5, 5.41) is 8.11. The topological polar surface area (TPSA) is 38.9 Å². The number of hydrogen-bond acceptors (Lipinski definition) is 3. The lowest BCUT2D eigenvalue weighted by Gasteiger charge is -1.97. The summed E-state index contributed by atoms with van der Waals surface area (Å²) in [4.78, 5) is 0. The SMILES string of the molecule is C#Cc1cccc(-c2nnc(-c3cccc(C#C)c3)o2)c1. The first kappa shape index (κ1) is 12.7. The molecule has 98 valence electrons. The summed E-state index contributed by atoms with van der Waals surface area (Å²) in [6, 6.07) is 14.8. The molecule has 0 spiro atoms. The van der Waals surface area contributed by atoms with E-state index in [2.05, 4.69) is 22.0 Å². The van der Waals surface area contributed by atoms with E-state index in [1.165, 1.54) is 0 Å². The van der Waals surface area contributed by atoms with Gasteiger partial charge in [-0.1, -0.05) is 24.0 Å². The van der Waals surface area contributed by atoms with Crippen LogP contribution in [-0.2, 0) is 0 Å². The molecule has 3 heteroatoms. The van der Waals surface area contributed by atoms with Gasteiger partial charge in [0, 0.05) is 22.3 Å². The molecule has 0 aliphatic rings. The van der Waals surface area contributed by atoms with E-state index in [1.54, 1.807) is 0 Å². The van der Waals surface area contributed by atoms with Crippen LogP contribution in [0.3, 0.4) is 0 Å². The van der Waals surface area contributed by atoms with Crippen molar-refractivity contribution in [1.29, 1.82) is 0 Å². The quantitative estimate of drug-likeness (QED) is 0.670. The van der Waals surface area contributed by atoms with Crippen molar-refractivity contribution >= 4 is 0 Å². The molecular formula is C18H10N2O. The van der Waals surface area contributed by atoms with Crippen molar-refractivity contribution in [2.45, 2.75) is 0 Å². The van der Waals surface area contributed by atoms with Crippen molar-refractivity contribution in [3.05, 3.63) is 59.7 Å². The Bertz CT molecular complexity index is 806. The number of rotatable bonds is 2. The van der Waals surface area contributed by atoms with Crippen LogP contribution in [0.25, 0.3) is 22.9 Å². The molecule has 0 N–H and O–H groups in total. The van der Waals surface area contributed by atoms with E-state index in [1.807, 2.05) is 48.5 Å². The van der Waals surface area contributed by atoms with Crippen molar-refractivity contribution in [1.82, 2.24) is 10.2 Å². The van der Waals surface area contributed by atoms with Gasteiger partial charge in [0.1, 0.15) is 0 Å². The fraction of sp³-hybridized carbons (Fsp3) is 0. The highest BCUT2D eigenvalue weighted by atomic mass is 16.4. The molecule has 0 bridgehead atoms. The van der Waals surface area contributed by atoms with E-state index >= 15 is 0 Å². The van der Waals surface area contributed by atoms with Gasteiger partial charge in [-0.25, -0.2) is 0 Å². The summed E-state index contributed by atoms with van der Waals surface area (Å²) in [6.45, 7) is 0. The first-order valence-electron chi connectivity index (χ1n) is 6.28. The van der Waals surface area contributed by atoms with Crippen LogP contribution in [0.2, 0.25) is 0 Å². The molecule has 0 aliphatic carbocycles. The minimum Gasteiger partial charge on any atom is -0.416 e. The highest BCUT2D eigenvalue weighted by Crippen LogP contribution is 2.24. The van der Waals surface area contributed by atoms with Gasteiger partial charge < -0.3 is 4.42 Å². The highest BCUT2D eigenvalue weighted by Gasteiger charge is 2.10. The fourth-order valence-corrected chi connectivity index (χ4v) is 1.94. The summed E-state index contributed by atoms with van der Waals surface area (Å²) in [6.07, 6.45) is 10.8. The Hall–Kier alpha value is -3.30. The predicted octanol–water partition coefficient (Wildman–Crippen LogP) is 3.37. The van der Waals surface area contributed by atoms with E-state index in [9.17, 15) is 0 Å². The lowest BCUT2D eigenvalue weighted by Crippen LogP contribution is -1.80. The fourth-order valence-electron chi connectivity index (χ4n) is 1.94. The van der Waals surface area contributed by atoms with Gasteiger partial charge in [-0.2, -0.15) is 0 Å².